The summed E-state index contributed by atoms with van der Waals surface area (Å²) < 4.78 is 5.04. The van der Waals surface area contributed by atoms with Crippen LogP contribution >= 0.6 is 12.6 Å². The van der Waals surface area contributed by atoms with Crippen LogP contribution in [0, 0.1) is 0 Å². The molecule has 3 heteroatoms. The minimum Gasteiger partial charge on any atom is -0.390 e. The van der Waals surface area contributed by atoms with Crippen molar-refractivity contribution in [1.29, 1.82) is 0 Å². The number of hydrogen-bond acceptors (Lipinski definition) is 3. The summed E-state index contributed by atoms with van der Waals surface area (Å²) in [7, 11) is 0. The zero-order valence-electron chi connectivity index (χ0n) is 5.71. The van der Waals surface area contributed by atoms with E-state index in [1.54, 1.807) is 0 Å². The molecule has 1 unspecified atom stereocenters. The van der Waals surface area contributed by atoms with Crippen LogP contribution in [0.3, 0.4) is 0 Å². The standard InChI is InChI=1S/C6H14O2S/c1-2-3-8-4-6(7)5-9/h6-7,9H,2-5H2,1H3. The van der Waals surface area contributed by atoms with E-state index in [-0.39, 0.29) is 0 Å². The van der Waals surface area contributed by atoms with Crippen molar-refractivity contribution in [2.45, 2.75) is 19.4 Å². The van der Waals surface area contributed by atoms with Crippen molar-refractivity contribution in [2.75, 3.05) is 19.0 Å². The van der Waals surface area contributed by atoms with E-state index < -0.39 is 6.10 Å². The average molecular weight is 150 g/mol. The van der Waals surface area contributed by atoms with Crippen molar-refractivity contribution in [2.24, 2.45) is 0 Å². The molecule has 0 amide bonds. The summed E-state index contributed by atoms with van der Waals surface area (Å²) in [6, 6.07) is 0. The first kappa shape index (κ1) is 9.27. The average Bonchev–Trinajstić information content (AvgIpc) is 1.89. The zero-order valence-corrected chi connectivity index (χ0v) is 6.60. The molecule has 1 atom stereocenters. The van der Waals surface area contributed by atoms with E-state index in [1.807, 2.05) is 6.92 Å². The van der Waals surface area contributed by atoms with Crippen molar-refractivity contribution in [3.8, 4) is 0 Å². The fourth-order valence-electron chi connectivity index (χ4n) is 0.416. The Kier molecular flexibility index (Phi) is 6.58. The monoisotopic (exact) mass is 150 g/mol. The van der Waals surface area contributed by atoms with Crippen LogP contribution in [0.5, 0.6) is 0 Å². The molecule has 0 saturated heterocycles. The SMILES string of the molecule is CCCOCC(O)CS. The van der Waals surface area contributed by atoms with Gasteiger partial charge in [-0.3, -0.25) is 0 Å². The molecule has 0 bridgehead atoms. The quantitative estimate of drug-likeness (QED) is 0.446. The number of hydrogen-bond donors (Lipinski definition) is 2. The third-order valence-corrected chi connectivity index (χ3v) is 1.29. The van der Waals surface area contributed by atoms with E-state index in [0.29, 0.717) is 12.4 Å². The molecule has 0 saturated carbocycles. The second-order valence-corrected chi connectivity index (χ2v) is 2.28. The van der Waals surface area contributed by atoms with Gasteiger partial charge in [0.2, 0.25) is 0 Å². The Labute approximate surface area is 61.6 Å². The highest BCUT2D eigenvalue weighted by Gasteiger charge is 1.98. The summed E-state index contributed by atoms with van der Waals surface area (Å²) >= 11 is 3.89. The van der Waals surface area contributed by atoms with Gasteiger partial charge < -0.3 is 9.84 Å². The van der Waals surface area contributed by atoms with Crippen LogP contribution < -0.4 is 0 Å². The smallest absolute Gasteiger partial charge is 0.0861 e. The number of aliphatic hydroxyl groups is 1. The molecule has 0 aliphatic carbocycles. The van der Waals surface area contributed by atoms with Crippen LogP contribution in [-0.4, -0.2) is 30.2 Å². The van der Waals surface area contributed by atoms with Gasteiger partial charge in [0.25, 0.3) is 0 Å². The van der Waals surface area contributed by atoms with E-state index in [1.165, 1.54) is 0 Å². The minimum absolute atomic E-state index is 0.403. The fourth-order valence-corrected chi connectivity index (χ4v) is 0.522. The van der Waals surface area contributed by atoms with Gasteiger partial charge in [-0.25, -0.2) is 0 Å². The molecule has 0 spiro atoms. The summed E-state index contributed by atoms with van der Waals surface area (Å²) in [5.74, 6) is 0.476. The Hall–Kier alpha value is 0.270. The van der Waals surface area contributed by atoms with Crippen molar-refractivity contribution < 1.29 is 9.84 Å². The Balaban J connectivity index is 2.88. The van der Waals surface area contributed by atoms with Gasteiger partial charge in [-0.1, -0.05) is 6.92 Å². The molecular weight excluding hydrogens is 136 g/mol. The van der Waals surface area contributed by atoms with E-state index in [9.17, 15) is 0 Å². The maximum atomic E-state index is 8.88. The van der Waals surface area contributed by atoms with E-state index in [4.69, 9.17) is 9.84 Å². The first-order valence-corrected chi connectivity index (χ1v) is 3.81. The number of rotatable bonds is 5. The largest absolute Gasteiger partial charge is 0.390 e. The van der Waals surface area contributed by atoms with Crippen LogP contribution in [0.25, 0.3) is 0 Å². The van der Waals surface area contributed by atoms with Crippen LogP contribution in [0.4, 0.5) is 0 Å². The molecule has 0 rings (SSSR count). The highest BCUT2D eigenvalue weighted by Crippen LogP contribution is 1.88. The Morgan fingerprint density at radius 1 is 1.67 bits per heavy atom. The third-order valence-electron chi connectivity index (χ3n) is 0.869. The lowest BCUT2D eigenvalue weighted by Crippen LogP contribution is -2.16. The molecule has 0 aromatic carbocycles. The molecule has 1 N–H and O–H groups in total. The third kappa shape index (κ3) is 6.15. The lowest BCUT2D eigenvalue weighted by atomic mass is 10.4. The molecule has 0 aromatic rings. The maximum Gasteiger partial charge on any atom is 0.0861 e. The molecule has 0 heterocycles. The lowest BCUT2D eigenvalue weighted by Gasteiger charge is -2.06. The summed E-state index contributed by atoms with van der Waals surface area (Å²) in [6.07, 6.45) is 0.596. The molecule has 0 radical (unpaired) electrons. The number of ether oxygens (including phenoxy) is 1. The Morgan fingerprint density at radius 3 is 2.78 bits per heavy atom. The van der Waals surface area contributed by atoms with Gasteiger partial charge in [0.05, 0.1) is 12.7 Å². The van der Waals surface area contributed by atoms with Crippen LogP contribution in [-0.2, 0) is 4.74 Å². The molecule has 0 fully saturated rings. The molecule has 56 valence electrons. The molecule has 0 aliphatic heterocycles. The van der Waals surface area contributed by atoms with Crippen molar-refractivity contribution in [3.63, 3.8) is 0 Å². The molecule has 9 heavy (non-hydrogen) atoms. The van der Waals surface area contributed by atoms with Crippen LogP contribution in [0.2, 0.25) is 0 Å². The van der Waals surface area contributed by atoms with Crippen molar-refractivity contribution >= 4 is 12.6 Å². The molecule has 0 aromatic heterocycles. The van der Waals surface area contributed by atoms with E-state index >= 15 is 0 Å². The van der Waals surface area contributed by atoms with E-state index in [0.717, 1.165) is 13.0 Å². The lowest BCUT2D eigenvalue weighted by molar-refractivity contribution is 0.0491. The van der Waals surface area contributed by atoms with Crippen LogP contribution in [0.15, 0.2) is 0 Å². The number of aliphatic hydroxyl groups excluding tert-OH is 1. The van der Waals surface area contributed by atoms with Gasteiger partial charge in [-0.15, -0.1) is 0 Å². The van der Waals surface area contributed by atoms with Gasteiger partial charge in [-0.05, 0) is 6.42 Å². The minimum atomic E-state index is -0.403. The highest BCUT2D eigenvalue weighted by molar-refractivity contribution is 7.80. The van der Waals surface area contributed by atoms with Crippen molar-refractivity contribution in [3.05, 3.63) is 0 Å². The summed E-state index contributed by atoms with van der Waals surface area (Å²) in [5, 5.41) is 8.88. The summed E-state index contributed by atoms with van der Waals surface area (Å²) in [6.45, 7) is 3.18. The van der Waals surface area contributed by atoms with Gasteiger partial charge in [0.15, 0.2) is 0 Å². The van der Waals surface area contributed by atoms with E-state index in [2.05, 4.69) is 12.6 Å². The Bertz CT molecular complexity index is 59.0. The highest BCUT2D eigenvalue weighted by atomic mass is 32.1. The van der Waals surface area contributed by atoms with Gasteiger partial charge in [0, 0.05) is 12.4 Å². The topological polar surface area (TPSA) is 29.5 Å². The predicted octanol–water partition coefficient (Wildman–Crippen LogP) is 0.704. The predicted molar refractivity (Wildman–Crippen MR) is 41.0 cm³/mol. The number of thiol groups is 1. The molecule has 2 nitrogen and oxygen atoms in total. The maximum absolute atomic E-state index is 8.88. The summed E-state index contributed by atoms with van der Waals surface area (Å²) in [5.41, 5.74) is 0. The van der Waals surface area contributed by atoms with Gasteiger partial charge in [-0.2, -0.15) is 12.6 Å². The fraction of sp³-hybridized carbons (Fsp3) is 1.00. The first-order valence-electron chi connectivity index (χ1n) is 3.18. The second kappa shape index (κ2) is 6.39. The Morgan fingerprint density at radius 2 is 2.33 bits per heavy atom. The molecular formula is C6H14O2S. The first-order chi connectivity index (χ1) is 4.31. The van der Waals surface area contributed by atoms with Crippen molar-refractivity contribution in [1.82, 2.24) is 0 Å². The second-order valence-electron chi connectivity index (χ2n) is 1.91. The van der Waals surface area contributed by atoms with Gasteiger partial charge >= 0.3 is 0 Å². The van der Waals surface area contributed by atoms with Crippen LogP contribution in [0.1, 0.15) is 13.3 Å². The molecule has 0 aliphatic rings. The zero-order chi connectivity index (χ0) is 7.11. The van der Waals surface area contributed by atoms with Gasteiger partial charge in [0.1, 0.15) is 0 Å². The summed E-state index contributed by atoms with van der Waals surface area (Å²) in [4.78, 5) is 0. The normalized spacial score (nSPS) is 13.7.